The molecular formula is C11H13NO3. The highest BCUT2D eigenvalue weighted by Crippen LogP contribution is 2.62. The smallest absolute Gasteiger partial charge is 0.310 e. The standard InChI is InChI=1S/C11H13NO3/c13-9(14)10(2-3-10)11(6-15-7-11)8-1-4-12-5-8/h1,4-5,12H,2-3,6-7H2,(H,13,14). The zero-order valence-electron chi connectivity index (χ0n) is 8.32. The van der Waals surface area contributed by atoms with Gasteiger partial charge in [-0.15, -0.1) is 0 Å². The third-order valence-electron chi connectivity index (χ3n) is 3.92. The van der Waals surface area contributed by atoms with E-state index in [0.29, 0.717) is 13.2 Å². The van der Waals surface area contributed by atoms with E-state index in [9.17, 15) is 9.90 Å². The van der Waals surface area contributed by atoms with Gasteiger partial charge in [-0.2, -0.15) is 0 Å². The summed E-state index contributed by atoms with van der Waals surface area (Å²) in [5.41, 5.74) is 0.236. The monoisotopic (exact) mass is 207 g/mol. The van der Waals surface area contributed by atoms with E-state index >= 15 is 0 Å². The van der Waals surface area contributed by atoms with Crippen molar-refractivity contribution < 1.29 is 14.6 Å². The number of H-pyrrole nitrogens is 1. The predicted octanol–water partition coefficient (Wildman–Crippen LogP) is 1.15. The predicted molar refractivity (Wildman–Crippen MR) is 52.6 cm³/mol. The van der Waals surface area contributed by atoms with Crippen LogP contribution in [0.25, 0.3) is 0 Å². The summed E-state index contributed by atoms with van der Waals surface area (Å²) in [6, 6.07) is 1.96. The fraction of sp³-hybridized carbons (Fsp3) is 0.545. The summed E-state index contributed by atoms with van der Waals surface area (Å²) in [4.78, 5) is 14.3. The summed E-state index contributed by atoms with van der Waals surface area (Å²) < 4.78 is 5.26. The first-order valence-electron chi connectivity index (χ1n) is 5.16. The number of hydrogen-bond donors (Lipinski definition) is 2. The number of aromatic nitrogens is 1. The number of rotatable bonds is 3. The minimum absolute atomic E-state index is 0.279. The van der Waals surface area contributed by atoms with Crippen LogP contribution >= 0.6 is 0 Å². The molecule has 0 bridgehead atoms. The number of nitrogens with one attached hydrogen (secondary N) is 1. The van der Waals surface area contributed by atoms with Crippen LogP contribution in [-0.4, -0.2) is 29.3 Å². The van der Waals surface area contributed by atoms with Gasteiger partial charge in [-0.3, -0.25) is 4.79 Å². The average Bonchev–Trinajstić information content (AvgIpc) is 2.74. The van der Waals surface area contributed by atoms with Crippen molar-refractivity contribution in [2.24, 2.45) is 5.41 Å². The lowest BCUT2D eigenvalue weighted by Gasteiger charge is -2.45. The second-order valence-electron chi connectivity index (χ2n) is 4.56. The van der Waals surface area contributed by atoms with E-state index in [-0.39, 0.29) is 5.41 Å². The molecule has 0 spiro atoms. The van der Waals surface area contributed by atoms with Crippen LogP contribution in [0, 0.1) is 5.41 Å². The van der Waals surface area contributed by atoms with Gasteiger partial charge in [0.15, 0.2) is 0 Å². The third-order valence-corrected chi connectivity index (χ3v) is 3.92. The van der Waals surface area contributed by atoms with Gasteiger partial charge in [-0.1, -0.05) is 0 Å². The van der Waals surface area contributed by atoms with Crippen molar-refractivity contribution in [3.8, 4) is 0 Å². The summed E-state index contributed by atoms with van der Waals surface area (Å²) in [6.07, 6.45) is 5.28. The first-order chi connectivity index (χ1) is 7.21. The molecule has 1 aliphatic heterocycles. The second kappa shape index (κ2) is 2.64. The Bertz CT molecular complexity index is 388. The normalized spacial score (nSPS) is 25.6. The molecule has 0 unspecified atom stereocenters. The second-order valence-corrected chi connectivity index (χ2v) is 4.56. The zero-order valence-corrected chi connectivity index (χ0v) is 8.32. The molecular weight excluding hydrogens is 194 g/mol. The first-order valence-corrected chi connectivity index (χ1v) is 5.16. The number of carbonyl (C=O) groups is 1. The van der Waals surface area contributed by atoms with Crippen molar-refractivity contribution in [1.29, 1.82) is 0 Å². The Morgan fingerprint density at radius 1 is 1.47 bits per heavy atom. The van der Waals surface area contributed by atoms with Gasteiger partial charge in [0.1, 0.15) is 0 Å². The van der Waals surface area contributed by atoms with Gasteiger partial charge in [0, 0.05) is 12.4 Å². The van der Waals surface area contributed by atoms with Crippen LogP contribution in [0.3, 0.4) is 0 Å². The Kier molecular flexibility index (Phi) is 1.58. The van der Waals surface area contributed by atoms with Gasteiger partial charge < -0.3 is 14.8 Å². The highest BCUT2D eigenvalue weighted by Gasteiger charge is 2.68. The maximum Gasteiger partial charge on any atom is 0.310 e. The minimum atomic E-state index is -0.674. The molecule has 15 heavy (non-hydrogen) atoms. The van der Waals surface area contributed by atoms with E-state index in [0.717, 1.165) is 18.4 Å². The van der Waals surface area contributed by atoms with Crippen molar-refractivity contribution in [1.82, 2.24) is 4.98 Å². The van der Waals surface area contributed by atoms with Crippen molar-refractivity contribution in [3.63, 3.8) is 0 Å². The van der Waals surface area contributed by atoms with Gasteiger partial charge in [0.2, 0.25) is 0 Å². The molecule has 4 heteroatoms. The molecule has 80 valence electrons. The Hall–Kier alpha value is -1.29. The topological polar surface area (TPSA) is 62.3 Å². The van der Waals surface area contributed by atoms with Crippen LogP contribution in [0.5, 0.6) is 0 Å². The van der Waals surface area contributed by atoms with E-state index in [1.807, 2.05) is 18.5 Å². The zero-order chi connectivity index (χ0) is 10.5. The van der Waals surface area contributed by atoms with E-state index < -0.39 is 11.4 Å². The Balaban J connectivity index is 2.04. The molecule has 1 aliphatic carbocycles. The van der Waals surface area contributed by atoms with Crippen LogP contribution < -0.4 is 0 Å². The highest BCUT2D eigenvalue weighted by atomic mass is 16.5. The fourth-order valence-corrected chi connectivity index (χ4v) is 2.67. The molecule has 4 nitrogen and oxygen atoms in total. The molecule has 0 aromatic carbocycles. The summed E-state index contributed by atoms with van der Waals surface area (Å²) in [5, 5.41) is 9.34. The van der Waals surface area contributed by atoms with Crippen molar-refractivity contribution in [2.45, 2.75) is 18.3 Å². The van der Waals surface area contributed by atoms with Crippen LogP contribution in [0.15, 0.2) is 18.5 Å². The molecule has 0 atom stereocenters. The van der Waals surface area contributed by atoms with Crippen molar-refractivity contribution >= 4 is 5.97 Å². The lowest BCUT2D eigenvalue weighted by Crippen LogP contribution is -2.56. The van der Waals surface area contributed by atoms with E-state index in [4.69, 9.17) is 4.74 Å². The lowest BCUT2D eigenvalue weighted by molar-refractivity contribution is -0.161. The van der Waals surface area contributed by atoms with Crippen molar-refractivity contribution in [2.75, 3.05) is 13.2 Å². The molecule has 2 aliphatic rings. The molecule has 0 amide bonds. The van der Waals surface area contributed by atoms with E-state index in [1.165, 1.54) is 0 Å². The van der Waals surface area contributed by atoms with Crippen LogP contribution in [0.4, 0.5) is 0 Å². The highest BCUT2D eigenvalue weighted by molar-refractivity contribution is 5.81. The SMILES string of the molecule is O=C(O)C1(C2(c3cc[nH]c3)COC2)CC1. The van der Waals surface area contributed by atoms with Gasteiger partial charge in [0.25, 0.3) is 0 Å². The number of carboxylic acids is 1. The van der Waals surface area contributed by atoms with Crippen LogP contribution in [0.1, 0.15) is 18.4 Å². The largest absolute Gasteiger partial charge is 0.481 e. The molecule has 1 saturated carbocycles. The maximum absolute atomic E-state index is 11.4. The van der Waals surface area contributed by atoms with Crippen molar-refractivity contribution in [3.05, 3.63) is 24.0 Å². The molecule has 2 heterocycles. The summed E-state index contributed by atoms with van der Waals surface area (Å²) in [5.74, 6) is -0.674. The minimum Gasteiger partial charge on any atom is -0.481 e. The fourth-order valence-electron chi connectivity index (χ4n) is 2.67. The van der Waals surface area contributed by atoms with E-state index in [1.54, 1.807) is 0 Å². The number of aliphatic carboxylic acids is 1. The van der Waals surface area contributed by atoms with Gasteiger partial charge in [-0.25, -0.2) is 0 Å². The molecule has 1 aromatic rings. The molecule has 3 rings (SSSR count). The van der Waals surface area contributed by atoms with Crippen LogP contribution in [0.2, 0.25) is 0 Å². The van der Waals surface area contributed by atoms with Gasteiger partial charge in [-0.05, 0) is 24.5 Å². The average molecular weight is 207 g/mol. The maximum atomic E-state index is 11.4. The first kappa shape index (κ1) is 8.97. The number of hydrogen-bond acceptors (Lipinski definition) is 2. The van der Waals surface area contributed by atoms with Gasteiger partial charge >= 0.3 is 5.97 Å². The van der Waals surface area contributed by atoms with Gasteiger partial charge in [0.05, 0.1) is 24.0 Å². The lowest BCUT2D eigenvalue weighted by atomic mass is 9.67. The summed E-state index contributed by atoms with van der Waals surface area (Å²) >= 11 is 0. The summed E-state index contributed by atoms with van der Waals surface area (Å²) in [6.45, 7) is 1.08. The summed E-state index contributed by atoms with van der Waals surface area (Å²) in [7, 11) is 0. The Morgan fingerprint density at radius 2 is 2.20 bits per heavy atom. The molecule has 1 saturated heterocycles. The Morgan fingerprint density at radius 3 is 2.53 bits per heavy atom. The molecule has 1 aromatic heterocycles. The Labute approximate surface area is 87.3 Å². The third kappa shape index (κ3) is 0.925. The molecule has 2 fully saturated rings. The van der Waals surface area contributed by atoms with Crippen LogP contribution in [-0.2, 0) is 14.9 Å². The number of carboxylic acid groups (broad SMARTS) is 1. The number of ether oxygens (including phenoxy) is 1. The quantitative estimate of drug-likeness (QED) is 0.781. The molecule has 0 radical (unpaired) electrons. The number of aromatic amines is 1. The molecule has 2 N–H and O–H groups in total. The van der Waals surface area contributed by atoms with E-state index in [2.05, 4.69) is 4.98 Å².